The average Bonchev–Trinajstić information content (AvgIpc) is 2.53. The molecule has 23 heavy (non-hydrogen) atoms. The van der Waals surface area contributed by atoms with Gasteiger partial charge in [0.1, 0.15) is 19.0 Å². The first-order valence-corrected chi connectivity index (χ1v) is 8.04. The van der Waals surface area contributed by atoms with Crippen molar-refractivity contribution in [2.45, 2.75) is 33.4 Å². The van der Waals surface area contributed by atoms with E-state index < -0.39 is 0 Å². The van der Waals surface area contributed by atoms with E-state index in [-0.39, 0.29) is 6.04 Å². The number of ether oxygens (including phenoxy) is 2. The highest BCUT2D eigenvalue weighted by Gasteiger charge is 2.17. The van der Waals surface area contributed by atoms with Crippen molar-refractivity contribution in [3.8, 4) is 11.5 Å². The van der Waals surface area contributed by atoms with E-state index in [1.807, 2.05) is 32.2 Å². The summed E-state index contributed by atoms with van der Waals surface area (Å²) >= 11 is 6.27. The summed E-state index contributed by atoms with van der Waals surface area (Å²) in [7, 11) is 0. The Morgan fingerprint density at radius 1 is 1.26 bits per heavy atom. The van der Waals surface area contributed by atoms with E-state index in [1.54, 1.807) is 0 Å². The minimum Gasteiger partial charge on any atom is -0.486 e. The van der Waals surface area contributed by atoms with Crippen LogP contribution >= 0.6 is 11.6 Å². The third-order valence-corrected chi connectivity index (χ3v) is 4.15. The molecule has 3 rings (SSSR count). The molecule has 1 aromatic carbocycles. The Bertz CT molecular complexity index is 721. The monoisotopic (exact) mass is 333 g/mol. The summed E-state index contributed by atoms with van der Waals surface area (Å²) < 4.78 is 11.1. The van der Waals surface area contributed by atoms with E-state index in [2.05, 4.69) is 22.2 Å². The van der Waals surface area contributed by atoms with Crippen LogP contribution in [-0.4, -0.2) is 23.2 Å². The smallest absolute Gasteiger partial charge is 0.179 e. The van der Waals surface area contributed by atoms with Crippen molar-refractivity contribution in [2.24, 2.45) is 0 Å². The van der Waals surface area contributed by atoms with Crippen LogP contribution in [0.15, 0.2) is 18.3 Å². The fraction of sp³-hybridized carbons (Fsp3) is 0.412. The third-order valence-electron chi connectivity index (χ3n) is 3.87. The Balaban J connectivity index is 1.71. The van der Waals surface area contributed by atoms with Crippen LogP contribution in [-0.2, 0) is 6.54 Å². The molecule has 1 N–H and O–H groups in total. The maximum atomic E-state index is 6.27. The molecule has 0 fully saturated rings. The second kappa shape index (κ2) is 6.72. The number of fused-ring (bicyclic) bond motifs is 1. The van der Waals surface area contributed by atoms with E-state index >= 15 is 0 Å². The van der Waals surface area contributed by atoms with Crippen LogP contribution in [0.25, 0.3) is 0 Å². The predicted octanol–water partition coefficient (Wildman–Crippen LogP) is 3.37. The van der Waals surface area contributed by atoms with E-state index in [4.69, 9.17) is 21.1 Å². The van der Waals surface area contributed by atoms with Crippen molar-refractivity contribution in [1.82, 2.24) is 15.3 Å². The van der Waals surface area contributed by atoms with Gasteiger partial charge < -0.3 is 14.8 Å². The van der Waals surface area contributed by atoms with Crippen molar-refractivity contribution < 1.29 is 9.47 Å². The number of nitrogens with one attached hydrogen (secondary N) is 1. The number of rotatable bonds is 4. The van der Waals surface area contributed by atoms with Gasteiger partial charge in [-0.2, -0.15) is 0 Å². The molecular weight excluding hydrogens is 314 g/mol. The van der Waals surface area contributed by atoms with Crippen LogP contribution in [0, 0.1) is 13.8 Å². The van der Waals surface area contributed by atoms with Gasteiger partial charge in [-0.05, 0) is 38.5 Å². The van der Waals surface area contributed by atoms with Gasteiger partial charge in [0.05, 0.1) is 5.02 Å². The van der Waals surface area contributed by atoms with Gasteiger partial charge in [0.15, 0.2) is 11.5 Å². The van der Waals surface area contributed by atoms with E-state index in [0.717, 1.165) is 22.6 Å². The molecule has 1 atom stereocenters. The second-order valence-corrected chi connectivity index (χ2v) is 6.07. The fourth-order valence-corrected chi connectivity index (χ4v) is 2.95. The number of benzene rings is 1. The molecule has 0 bridgehead atoms. The van der Waals surface area contributed by atoms with Crippen LogP contribution in [0.2, 0.25) is 5.02 Å². The number of aryl methyl sites for hydroxylation is 2. The van der Waals surface area contributed by atoms with E-state index in [0.29, 0.717) is 36.3 Å². The molecule has 0 aliphatic carbocycles. The number of nitrogens with zero attached hydrogens (tertiary/aromatic N) is 2. The topological polar surface area (TPSA) is 56.3 Å². The first-order chi connectivity index (χ1) is 11.0. The molecule has 0 spiro atoms. The van der Waals surface area contributed by atoms with E-state index in [9.17, 15) is 0 Å². The molecular formula is C17H20ClN3O2. The van der Waals surface area contributed by atoms with Gasteiger partial charge >= 0.3 is 0 Å². The van der Waals surface area contributed by atoms with Crippen LogP contribution in [0.3, 0.4) is 0 Å². The Morgan fingerprint density at radius 3 is 2.83 bits per heavy atom. The summed E-state index contributed by atoms with van der Waals surface area (Å²) in [5, 5.41) is 4.06. The lowest BCUT2D eigenvalue weighted by Crippen LogP contribution is -2.20. The lowest BCUT2D eigenvalue weighted by molar-refractivity contribution is 0.171. The van der Waals surface area contributed by atoms with E-state index in [1.165, 1.54) is 0 Å². The first-order valence-electron chi connectivity index (χ1n) is 7.66. The molecule has 1 aliphatic rings. The molecule has 2 heterocycles. The number of hydrogen-bond acceptors (Lipinski definition) is 5. The van der Waals surface area contributed by atoms with Gasteiger partial charge in [-0.15, -0.1) is 0 Å². The van der Waals surface area contributed by atoms with Crippen LogP contribution < -0.4 is 14.8 Å². The molecule has 6 heteroatoms. The Kier molecular flexibility index (Phi) is 4.68. The van der Waals surface area contributed by atoms with Gasteiger partial charge in [0.2, 0.25) is 0 Å². The minimum atomic E-state index is 0.141. The third kappa shape index (κ3) is 3.57. The van der Waals surface area contributed by atoms with Crippen LogP contribution in [0.4, 0.5) is 0 Å². The standard InChI is InChI=1S/C17H20ClN3O2/c1-10(14-9-20-12(3)21-11(14)2)19-8-13-6-15(18)17-16(7-13)22-4-5-23-17/h6-7,9-10,19H,4-5,8H2,1-3H3/t10-/m0/s1. The summed E-state index contributed by atoms with van der Waals surface area (Å²) in [4.78, 5) is 8.69. The zero-order chi connectivity index (χ0) is 16.4. The SMILES string of the molecule is Cc1ncc([C@H](C)NCc2cc(Cl)c3c(c2)OCCO3)c(C)n1. The van der Waals surface area contributed by atoms with Gasteiger partial charge in [0, 0.05) is 30.0 Å². The minimum absolute atomic E-state index is 0.141. The molecule has 0 saturated heterocycles. The quantitative estimate of drug-likeness (QED) is 0.929. The van der Waals surface area contributed by atoms with Crippen molar-refractivity contribution in [1.29, 1.82) is 0 Å². The highest BCUT2D eigenvalue weighted by atomic mass is 35.5. The maximum Gasteiger partial charge on any atom is 0.179 e. The highest BCUT2D eigenvalue weighted by molar-refractivity contribution is 6.32. The zero-order valence-electron chi connectivity index (χ0n) is 13.5. The van der Waals surface area contributed by atoms with Crippen molar-refractivity contribution in [2.75, 3.05) is 13.2 Å². The summed E-state index contributed by atoms with van der Waals surface area (Å²) in [6.45, 7) is 7.76. The van der Waals surface area contributed by atoms with Crippen LogP contribution in [0.1, 0.15) is 35.6 Å². The summed E-state index contributed by atoms with van der Waals surface area (Å²) in [5.74, 6) is 2.14. The number of halogens is 1. The Morgan fingerprint density at radius 2 is 2.04 bits per heavy atom. The second-order valence-electron chi connectivity index (χ2n) is 5.66. The van der Waals surface area contributed by atoms with Gasteiger partial charge in [0.25, 0.3) is 0 Å². The zero-order valence-corrected chi connectivity index (χ0v) is 14.3. The molecule has 1 aromatic heterocycles. The predicted molar refractivity (Wildman–Crippen MR) is 89.2 cm³/mol. The van der Waals surface area contributed by atoms with Gasteiger partial charge in [-0.1, -0.05) is 11.6 Å². The average molecular weight is 334 g/mol. The molecule has 2 aromatic rings. The fourth-order valence-electron chi connectivity index (χ4n) is 2.66. The Labute approximate surface area is 141 Å². The molecule has 5 nitrogen and oxygen atoms in total. The molecule has 122 valence electrons. The Hall–Kier alpha value is -1.85. The molecule has 0 saturated carbocycles. The largest absolute Gasteiger partial charge is 0.486 e. The van der Waals surface area contributed by atoms with Gasteiger partial charge in [-0.3, -0.25) is 0 Å². The summed E-state index contributed by atoms with van der Waals surface area (Å²) in [6.07, 6.45) is 1.88. The summed E-state index contributed by atoms with van der Waals surface area (Å²) in [6, 6.07) is 4.02. The lowest BCUT2D eigenvalue weighted by Gasteiger charge is -2.21. The molecule has 0 unspecified atom stereocenters. The molecule has 1 aliphatic heterocycles. The normalized spacial score (nSPS) is 14.6. The molecule has 0 radical (unpaired) electrons. The van der Waals surface area contributed by atoms with Crippen molar-refractivity contribution in [3.63, 3.8) is 0 Å². The maximum absolute atomic E-state index is 6.27. The highest BCUT2D eigenvalue weighted by Crippen LogP contribution is 2.38. The van der Waals surface area contributed by atoms with Crippen LogP contribution in [0.5, 0.6) is 11.5 Å². The summed E-state index contributed by atoms with van der Waals surface area (Å²) in [5.41, 5.74) is 3.15. The number of aromatic nitrogens is 2. The van der Waals surface area contributed by atoms with Gasteiger partial charge in [-0.25, -0.2) is 9.97 Å². The van der Waals surface area contributed by atoms with Crippen molar-refractivity contribution in [3.05, 3.63) is 46.0 Å². The molecule has 0 amide bonds. The first kappa shape index (κ1) is 16.0. The lowest BCUT2D eigenvalue weighted by atomic mass is 10.1. The number of hydrogen-bond donors (Lipinski definition) is 1. The van der Waals surface area contributed by atoms with Crippen molar-refractivity contribution >= 4 is 11.6 Å².